The monoisotopic (exact) mass is 459 g/mol. The highest BCUT2D eigenvalue weighted by Crippen LogP contribution is 2.15. The molecule has 10 nitrogen and oxygen atoms in total. The summed E-state index contributed by atoms with van der Waals surface area (Å²) < 4.78 is 0. The number of nitro groups is 1. The molecule has 1 aliphatic heterocycles. The van der Waals surface area contributed by atoms with Gasteiger partial charge in [0.2, 0.25) is 0 Å². The quantitative estimate of drug-likeness (QED) is 0.519. The lowest BCUT2D eigenvalue weighted by atomic mass is 10.2. The molecule has 1 fully saturated rings. The third kappa shape index (κ3) is 6.25. The second-order valence-corrected chi connectivity index (χ2v) is 7.68. The number of nitrogens with zero attached hydrogens (tertiary/aromatic N) is 3. The van der Waals surface area contributed by atoms with E-state index >= 15 is 0 Å². The average molecular weight is 460 g/mol. The summed E-state index contributed by atoms with van der Waals surface area (Å²) in [4.78, 5) is 50.9. The third-order valence-electron chi connectivity index (χ3n) is 4.95. The first-order valence-electron chi connectivity index (χ1n) is 9.94. The molecule has 2 aromatic rings. The molecule has 0 saturated carbocycles. The lowest BCUT2D eigenvalue weighted by Crippen LogP contribution is -2.47. The third-order valence-corrected chi connectivity index (χ3v) is 5.18. The topological polar surface area (TPSA) is 125 Å². The molecule has 0 bridgehead atoms. The molecule has 2 aromatic carbocycles. The number of nitro benzene ring substituents is 1. The van der Waals surface area contributed by atoms with Gasteiger partial charge in [-0.3, -0.25) is 40.2 Å². The van der Waals surface area contributed by atoms with Gasteiger partial charge in [-0.2, -0.15) is 0 Å². The molecule has 3 rings (SSSR count). The van der Waals surface area contributed by atoms with E-state index < -0.39 is 16.7 Å². The first kappa shape index (κ1) is 23.2. The predicted molar refractivity (Wildman–Crippen MR) is 117 cm³/mol. The Morgan fingerprint density at radius 1 is 0.969 bits per heavy atom. The van der Waals surface area contributed by atoms with Crippen LogP contribution in [0.4, 0.5) is 5.69 Å². The second-order valence-electron chi connectivity index (χ2n) is 7.24. The number of nitrogens with one attached hydrogen (secondary N) is 2. The average Bonchev–Trinajstić information content (AvgIpc) is 3.02. The number of hydrogen-bond acceptors (Lipinski definition) is 6. The van der Waals surface area contributed by atoms with Gasteiger partial charge in [0.05, 0.1) is 11.5 Å². The van der Waals surface area contributed by atoms with E-state index in [-0.39, 0.29) is 23.7 Å². The molecule has 1 heterocycles. The zero-order valence-corrected chi connectivity index (χ0v) is 17.9. The van der Waals surface area contributed by atoms with Crippen molar-refractivity contribution in [2.75, 3.05) is 32.7 Å². The van der Waals surface area contributed by atoms with Crippen molar-refractivity contribution in [2.45, 2.75) is 6.42 Å². The molecule has 0 aromatic heterocycles. The molecular formula is C21H22ClN5O5. The van der Waals surface area contributed by atoms with E-state index in [2.05, 4.69) is 10.9 Å². The molecule has 168 valence electrons. The molecule has 3 amide bonds. The summed E-state index contributed by atoms with van der Waals surface area (Å²) in [7, 11) is 0. The van der Waals surface area contributed by atoms with Crippen molar-refractivity contribution < 1.29 is 19.3 Å². The Kier molecular flexibility index (Phi) is 7.74. The van der Waals surface area contributed by atoms with Crippen LogP contribution in [0.3, 0.4) is 0 Å². The van der Waals surface area contributed by atoms with Crippen LogP contribution in [0, 0.1) is 10.1 Å². The maximum atomic E-state index is 12.7. The fourth-order valence-corrected chi connectivity index (χ4v) is 3.53. The van der Waals surface area contributed by atoms with E-state index in [9.17, 15) is 24.5 Å². The highest BCUT2D eigenvalue weighted by molar-refractivity contribution is 6.30. The number of carbonyl (C=O) groups is 3. The summed E-state index contributed by atoms with van der Waals surface area (Å²) in [5.74, 6) is -1.20. The normalized spacial score (nSPS) is 14.3. The molecule has 0 spiro atoms. The molecule has 0 radical (unpaired) electrons. The van der Waals surface area contributed by atoms with Gasteiger partial charge in [-0.05, 0) is 30.7 Å². The van der Waals surface area contributed by atoms with Gasteiger partial charge in [0.15, 0.2) is 0 Å². The summed E-state index contributed by atoms with van der Waals surface area (Å²) in [5.41, 5.74) is 4.94. The summed E-state index contributed by atoms with van der Waals surface area (Å²) in [6.07, 6.45) is 0.694. The summed E-state index contributed by atoms with van der Waals surface area (Å²) in [6.45, 7) is 2.17. The second kappa shape index (κ2) is 10.7. The van der Waals surface area contributed by atoms with Crippen molar-refractivity contribution in [3.05, 3.63) is 74.8 Å². The molecule has 1 aliphatic rings. The van der Waals surface area contributed by atoms with Crippen molar-refractivity contribution in [1.29, 1.82) is 0 Å². The van der Waals surface area contributed by atoms with E-state index in [0.29, 0.717) is 43.2 Å². The first-order chi connectivity index (χ1) is 15.3. The Labute approximate surface area is 189 Å². The molecular weight excluding hydrogens is 438 g/mol. The van der Waals surface area contributed by atoms with Gasteiger partial charge in [-0.25, -0.2) is 0 Å². The Balaban J connectivity index is 1.47. The largest absolute Gasteiger partial charge is 0.337 e. The Bertz CT molecular complexity index is 1030. The van der Waals surface area contributed by atoms with Gasteiger partial charge >= 0.3 is 0 Å². The van der Waals surface area contributed by atoms with E-state index in [0.717, 1.165) is 6.07 Å². The fraction of sp³-hybridized carbons (Fsp3) is 0.286. The van der Waals surface area contributed by atoms with Crippen LogP contribution in [0.5, 0.6) is 0 Å². The number of benzene rings is 2. The van der Waals surface area contributed by atoms with Crippen LogP contribution in [-0.2, 0) is 4.79 Å². The SMILES string of the molecule is O=C(CN1CCCN(C(=O)c2cccc(Cl)c2)CC1)NNC(=O)c1cccc([N+](=O)[O-])c1. The summed E-state index contributed by atoms with van der Waals surface area (Å²) >= 11 is 5.97. The predicted octanol–water partition coefficient (Wildman–Crippen LogP) is 1.86. The molecule has 32 heavy (non-hydrogen) atoms. The van der Waals surface area contributed by atoms with Gasteiger partial charge in [0, 0.05) is 54.5 Å². The highest BCUT2D eigenvalue weighted by atomic mass is 35.5. The standard InChI is InChI=1S/C21H22ClN5O5/c22-17-6-1-5-16(12-17)21(30)26-9-3-8-25(10-11-26)14-19(28)23-24-20(29)15-4-2-7-18(13-15)27(31)32/h1-2,4-7,12-13H,3,8-11,14H2,(H,23,28)(H,24,29). The van der Waals surface area contributed by atoms with Crippen LogP contribution >= 0.6 is 11.6 Å². The van der Waals surface area contributed by atoms with Crippen LogP contribution in [-0.4, -0.2) is 65.2 Å². The summed E-state index contributed by atoms with van der Waals surface area (Å²) in [5, 5.41) is 11.3. The maximum Gasteiger partial charge on any atom is 0.270 e. The number of hydrazine groups is 1. The number of rotatable bonds is 5. The first-order valence-corrected chi connectivity index (χ1v) is 10.3. The van der Waals surface area contributed by atoms with Gasteiger partial charge in [0.1, 0.15) is 0 Å². The molecule has 2 N–H and O–H groups in total. The molecule has 0 atom stereocenters. The van der Waals surface area contributed by atoms with E-state index in [4.69, 9.17) is 11.6 Å². The van der Waals surface area contributed by atoms with Crippen LogP contribution in [0.25, 0.3) is 0 Å². The van der Waals surface area contributed by atoms with Crippen molar-refractivity contribution in [3.63, 3.8) is 0 Å². The number of carbonyl (C=O) groups excluding carboxylic acids is 3. The molecule has 0 aliphatic carbocycles. The molecule has 0 unspecified atom stereocenters. The number of halogens is 1. The van der Waals surface area contributed by atoms with E-state index in [1.807, 2.05) is 4.90 Å². The van der Waals surface area contributed by atoms with Crippen molar-refractivity contribution >= 4 is 35.0 Å². The van der Waals surface area contributed by atoms with Crippen molar-refractivity contribution in [2.24, 2.45) is 0 Å². The highest BCUT2D eigenvalue weighted by Gasteiger charge is 2.22. The smallest absolute Gasteiger partial charge is 0.270 e. The van der Waals surface area contributed by atoms with Gasteiger partial charge < -0.3 is 4.90 Å². The van der Waals surface area contributed by atoms with Crippen LogP contribution in [0.2, 0.25) is 5.02 Å². The van der Waals surface area contributed by atoms with Gasteiger partial charge in [-0.1, -0.05) is 23.7 Å². The van der Waals surface area contributed by atoms with E-state index in [1.165, 1.54) is 18.2 Å². The minimum Gasteiger partial charge on any atom is -0.337 e. The van der Waals surface area contributed by atoms with Crippen LogP contribution in [0.15, 0.2) is 48.5 Å². The van der Waals surface area contributed by atoms with E-state index in [1.54, 1.807) is 29.2 Å². The minimum atomic E-state index is -0.656. The summed E-state index contributed by atoms with van der Waals surface area (Å²) in [6, 6.07) is 12.0. The Hall–Kier alpha value is -3.50. The van der Waals surface area contributed by atoms with Crippen LogP contribution in [0.1, 0.15) is 27.1 Å². The number of non-ortho nitro benzene ring substituents is 1. The Morgan fingerprint density at radius 3 is 2.47 bits per heavy atom. The van der Waals surface area contributed by atoms with Crippen molar-refractivity contribution in [1.82, 2.24) is 20.7 Å². The fourth-order valence-electron chi connectivity index (χ4n) is 3.34. The Morgan fingerprint density at radius 2 is 1.72 bits per heavy atom. The lowest BCUT2D eigenvalue weighted by molar-refractivity contribution is -0.384. The zero-order valence-electron chi connectivity index (χ0n) is 17.1. The minimum absolute atomic E-state index is 0.0361. The number of amides is 3. The van der Waals surface area contributed by atoms with Gasteiger partial charge in [0.25, 0.3) is 23.4 Å². The van der Waals surface area contributed by atoms with Crippen molar-refractivity contribution in [3.8, 4) is 0 Å². The zero-order chi connectivity index (χ0) is 23.1. The maximum absolute atomic E-state index is 12.7. The van der Waals surface area contributed by atoms with Gasteiger partial charge in [-0.15, -0.1) is 0 Å². The lowest BCUT2D eigenvalue weighted by Gasteiger charge is -2.22. The molecule has 11 heteroatoms. The number of hydrogen-bond donors (Lipinski definition) is 2. The van der Waals surface area contributed by atoms with Crippen LogP contribution < -0.4 is 10.9 Å². The molecule has 1 saturated heterocycles.